The first-order chi connectivity index (χ1) is 7.06. The van der Waals surface area contributed by atoms with Gasteiger partial charge in [-0.1, -0.05) is 0 Å². The summed E-state index contributed by atoms with van der Waals surface area (Å²) in [6, 6.07) is 0. The lowest BCUT2D eigenvalue weighted by Crippen LogP contribution is -2.30. The van der Waals surface area contributed by atoms with E-state index in [0.717, 1.165) is 0 Å². The van der Waals surface area contributed by atoms with Crippen molar-refractivity contribution in [3.63, 3.8) is 0 Å². The molecule has 15 heavy (non-hydrogen) atoms. The molecule has 0 radical (unpaired) electrons. The average molecular weight is 216 g/mol. The van der Waals surface area contributed by atoms with Crippen LogP contribution in [0.4, 0.5) is 0 Å². The summed E-state index contributed by atoms with van der Waals surface area (Å²) in [5.74, 6) is -0.734. The molecule has 0 spiro atoms. The van der Waals surface area contributed by atoms with E-state index >= 15 is 0 Å². The molecule has 0 aromatic heterocycles. The molecule has 0 heterocycles. The topological polar surface area (TPSA) is 84.5 Å². The van der Waals surface area contributed by atoms with Crippen molar-refractivity contribution in [3.05, 3.63) is 0 Å². The summed E-state index contributed by atoms with van der Waals surface area (Å²) in [5, 5.41) is 5.03. The summed E-state index contributed by atoms with van der Waals surface area (Å²) in [6.45, 7) is 1.94. The van der Waals surface area contributed by atoms with E-state index in [2.05, 4.69) is 15.4 Å². The molecule has 6 heteroatoms. The van der Waals surface area contributed by atoms with E-state index in [1.165, 1.54) is 14.0 Å². The minimum absolute atomic E-state index is 0.155. The Morgan fingerprint density at radius 1 is 1.07 bits per heavy atom. The number of hydrogen-bond acceptors (Lipinski definition) is 4. The second-order valence-corrected chi connectivity index (χ2v) is 2.91. The lowest BCUT2D eigenvalue weighted by Gasteiger charge is -2.04. The van der Waals surface area contributed by atoms with Crippen molar-refractivity contribution in [3.8, 4) is 0 Å². The molecule has 86 valence electrons. The van der Waals surface area contributed by atoms with Gasteiger partial charge in [0.1, 0.15) is 0 Å². The van der Waals surface area contributed by atoms with Crippen molar-refractivity contribution in [2.45, 2.75) is 19.8 Å². The standard InChI is InChI=1S/C9H16N2O4/c1-7(12)10-5-3-8(13)11-6-4-9(14)15-2/h3-6H2,1-2H3,(H,10,12)(H,11,13). The maximum Gasteiger partial charge on any atom is 0.307 e. The predicted octanol–water partition coefficient (Wildman–Crippen LogP) is -0.808. The van der Waals surface area contributed by atoms with E-state index in [4.69, 9.17) is 0 Å². The van der Waals surface area contributed by atoms with Gasteiger partial charge in [0, 0.05) is 26.4 Å². The number of hydrogen-bond donors (Lipinski definition) is 2. The van der Waals surface area contributed by atoms with Crippen LogP contribution in [0.5, 0.6) is 0 Å². The molecule has 2 amide bonds. The van der Waals surface area contributed by atoms with Crippen molar-refractivity contribution >= 4 is 17.8 Å². The highest BCUT2D eigenvalue weighted by molar-refractivity contribution is 5.78. The van der Waals surface area contributed by atoms with Crippen LogP contribution in [0.1, 0.15) is 19.8 Å². The molecule has 0 aliphatic heterocycles. The van der Waals surface area contributed by atoms with Crippen molar-refractivity contribution in [2.75, 3.05) is 20.2 Å². The molecule has 0 bridgehead atoms. The molecule has 2 N–H and O–H groups in total. The zero-order chi connectivity index (χ0) is 11.7. The number of ether oxygens (including phenoxy) is 1. The molecule has 0 atom stereocenters. The Balaban J connectivity index is 3.41. The van der Waals surface area contributed by atoms with Gasteiger partial charge in [0.25, 0.3) is 0 Å². The number of nitrogens with one attached hydrogen (secondary N) is 2. The number of esters is 1. The molecular weight excluding hydrogens is 200 g/mol. The van der Waals surface area contributed by atoms with E-state index < -0.39 is 0 Å². The van der Waals surface area contributed by atoms with E-state index in [-0.39, 0.29) is 37.2 Å². The summed E-state index contributed by atoms with van der Waals surface area (Å²) >= 11 is 0. The summed E-state index contributed by atoms with van der Waals surface area (Å²) in [6.07, 6.45) is 0.364. The maximum absolute atomic E-state index is 11.1. The molecule has 0 saturated carbocycles. The first-order valence-electron chi connectivity index (χ1n) is 4.64. The van der Waals surface area contributed by atoms with E-state index in [1.54, 1.807) is 0 Å². The Hall–Kier alpha value is -1.59. The fraction of sp³-hybridized carbons (Fsp3) is 0.667. The SMILES string of the molecule is COC(=O)CCNC(=O)CCNC(C)=O. The van der Waals surface area contributed by atoms with Gasteiger partial charge in [-0.2, -0.15) is 0 Å². The summed E-state index contributed by atoms with van der Waals surface area (Å²) in [7, 11) is 1.29. The summed E-state index contributed by atoms with van der Waals surface area (Å²) in [4.78, 5) is 32.2. The second-order valence-electron chi connectivity index (χ2n) is 2.91. The number of amides is 2. The number of rotatable bonds is 6. The lowest BCUT2D eigenvalue weighted by molar-refractivity contribution is -0.140. The molecule has 0 aromatic carbocycles. The van der Waals surface area contributed by atoms with Crippen molar-refractivity contribution in [1.82, 2.24) is 10.6 Å². The van der Waals surface area contributed by atoms with Crippen molar-refractivity contribution in [2.24, 2.45) is 0 Å². The van der Waals surface area contributed by atoms with Gasteiger partial charge < -0.3 is 15.4 Å². The molecule has 0 saturated heterocycles. The average Bonchev–Trinajstić information content (AvgIpc) is 2.17. The molecular formula is C9H16N2O4. The molecule has 0 unspecified atom stereocenters. The van der Waals surface area contributed by atoms with Crippen LogP contribution in [0, 0.1) is 0 Å². The van der Waals surface area contributed by atoms with Gasteiger partial charge in [0.2, 0.25) is 11.8 Å². The van der Waals surface area contributed by atoms with Gasteiger partial charge in [-0.05, 0) is 0 Å². The maximum atomic E-state index is 11.1. The van der Waals surface area contributed by atoms with Gasteiger partial charge >= 0.3 is 5.97 Å². The Bertz CT molecular complexity index is 240. The lowest BCUT2D eigenvalue weighted by atomic mass is 10.3. The van der Waals surface area contributed by atoms with E-state index in [1.807, 2.05) is 0 Å². The fourth-order valence-electron chi connectivity index (χ4n) is 0.846. The molecule has 6 nitrogen and oxygen atoms in total. The third-order valence-corrected chi connectivity index (χ3v) is 1.60. The van der Waals surface area contributed by atoms with E-state index in [0.29, 0.717) is 6.54 Å². The summed E-state index contributed by atoms with van der Waals surface area (Å²) < 4.78 is 4.40. The first-order valence-corrected chi connectivity index (χ1v) is 4.64. The highest BCUT2D eigenvalue weighted by Gasteiger charge is 2.03. The van der Waals surface area contributed by atoms with Crippen LogP contribution in [0.15, 0.2) is 0 Å². The first kappa shape index (κ1) is 13.4. The largest absolute Gasteiger partial charge is 0.469 e. The van der Waals surface area contributed by atoms with Gasteiger partial charge in [-0.3, -0.25) is 14.4 Å². The van der Waals surface area contributed by atoms with Crippen LogP contribution in [0.2, 0.25) is 0 Å². The number of methoxy groups -OCH3 is 1. The second kappa shape index (κ2) is 7.78. The van der Waals surface area contributed by atoms with Crippen LogP contribution in [0.3, 0.4) is 0 Å². The highest BCUT2D eigenvalue weighted by atomic mass is 16.5. The molecule has 0 aliphatic carbocycles. The van der Waals surface area contributed by atoms with Crippen LogP contribution in [-0.2, 0) is 19.1 Å². The molecule has 0 rings (SSSR count). The number of carbonyl (C=O) groups excluding carboxylic acids is 3. The highest BCUT2D eigenvalue weighted by Crippen LogP contribution is 1.83. The Kier molecular flexibility index (Phi) is 6.96. The minimum Gasteiger partial charge on any atom is -0.469 e. The molecule has 0 aromatic rings. The third kappa shape index (κ3) is 8.73. The quantitative estimate of drug-likeness (QED) is 0.569. The smallest absolute Gasteiger partial charge is 0.307 e. The van der Waals surface area contributed by atoms with E-state index in [9.17, 15) is 14.4 Å². The van der Waals surface area contributed by atoms with Crippen LogP contribution >= 0.6 is 0 Å². The minimum atomic E-state index is -0.364. The zero-order valence-electron chi connectivity index (χ0n) is 8.96. The Morgan fingerprint density at radius 2 is 1.67 bits per heavy atom. The van der Waals surface area contributed by atoms with Crippen molar-refractivity contribution in [1.29, 1.82) is 0 Å². The Labute approximate surface area is 88.4 Å². The molecule has 0 fully saturated rings. The Morgan fingerprint density at radius 3 is 2.20 bits per heavy atom. The van der Waals surface area contributed by atoms with Crippen LogP contribution in [0.25, 0.3) is 0 Å². The van der Waals surface area contributed by atoms with Gasteiger partial charge in [-0.25, -0.2) is 0 Å². The normalized spacial score (nSPS) is 9.20. The zero-order valence-corrected chi connectivity index (χ0v) is 8.96. The van der Waals surface area contributed by atoms with Gasteiger partial charge in [0.15, 0.2) is 0 Å². The fourth-order valence-corrected chi connectivity index (χ4v) is 0.846. The van der Waals surface area contributed by atoms with Crippen molar-refractivity contribution < 1.29 is 19.1 Å². The molecule has 0 aliphatic rings. The summed E-state index contributed by atoms with van der Waals surface area (Å²) in [5.41, 5.74) is 0. The van der Waals surface area contributed by atoms with Crippen LogP contribution < -0.4 is 10.6 Å². The van der Waals surface area contributed by atoms with Crippen LogP contribution in [-0.4, -0.2) is 38.0 Å². The predicted molar refractivity (Wildman–Crippen MR) is 52.9 cm³/mol. The van der Waals surface area contributed by atoms with Gasteiger partial charge in [-0.15, -0.1) is 0 Å². The third-order valence-electron chi connectivity index (χ3n) is 1.60. The number of carbonyl (C=O) groups is 3. The van der Waals surface area contributed by atoms with Gasteiger partial charge in [0.05, 0.1) is 13.5 Å². The monoisotopic (exact) mass is 216 g/mol.